The third kappa shape index (κ3) is 1.70. The number of ether oxygens (including phenoxy) is 1. The molecule has 0 saturated carbocycles. The summed E-state index contributed by atoms with van der Waals surface area (Å²) >= 11 is 0. The summed E-state index contributed by atoms with van der Waals surface area (Å²) in [6.07, 6.45) is 0.180. The fourth-order valence-corrected chi connectivity index (χ4v) is 1.73. The van der Waals surface area contributed by atoms with Gasteiger partial charge in [0, 0.05) is 5.56 Å². The maximum atomic E-state index is 11.5. The van der Waals surface area contributed by atoms with E-state index in [0.29, 0.717) is 5.56 Å². The predicted octanol–water partition coefficient (Wildman–Crippen LogP) is 1.03. The summed E-state index contributed by atoms with van der Waals surface area (Å²) in [5.41, 5.74) is 1.51. The normalized spacial score (nSPS) is 18.2. The van der Waals surface area contributed by atoms with E-state index in [2.05, 4.69) is 10.1 Å². The topological polar surface area (TPSA) is 55.4 Å². The van der Waals surface area contributed by atoms with Crippen molar-refractivity contribution in [3.8, 4) is 0 Å². The molecule has 0 unspecified atom stereocenters. The Bertz CT molecular complexity index is 414. The molecule has 0 fully saturated rings. The lowest BCUT2D eigenvalue weighted by molar-refractivity contribution is -0.141. The van der Waals surface area contributed by atoms with Crippen LogP contribution in [0.4, 0.5) is 0 Å². The summed E-state index contributed by atoms with van der Waals surface area (Å²) in [4.78, 5) is 22.6. The van der Waals surface area contributed by atoms with Gasteiger partial charge in [0.2, 0.25) is 0 Å². The standard InChI is InChI=1S/C11H11NO3/c1-15-10(13)6-9-7-4-2-3-5-8(7)11(14)12-9/h2-5,9H,6H2,1H3,(H,12,14)/t9-/m1/s1. The van der Waals surface area contributed by atoms with E-state index < -0.39 is 0 Å². The van der Waals surface area contributed by atoms with Crippen molar-refractivity contribution in [1.29, 1.82) is 0 Å². The maximum Gasteiger partial charge on any atom is 0.307 e. The van der Waals surface area contributed by atoms with E-state index in [-0.39, 0.29) is 24.3 Å². The highest BCUT2D eigenvalue weighted by atomic mass is 16.5. The van der Waals surface area contributed by atoms with Crippen LogP contribution >= 0.6 is 0 Å². The minimum Gasteiger partial charge on any atom is -0.469 e. The van der Waals surface area contributed by atoms with Gasteiger partial charge in [0.1, 0.15) is 0 Å². The summed E-state index contributed by atoms with van der Waals surface area (Å²) in [5.74, 6) is -0.448. The smallest absolute Gasteiger partial charge is 0.307 e. The van der Waals surface area contributed by atoms with Gasteiger partial charge in [-0.05, 0) is 11.6 Å². The summed E-state index contributed by atoms with van der Waals surface area (Å²) in [6, 6.07) is 7.01. The van der Waals surface area contributed by atoms with Gasteiger partial charge in [-0.3, -0.25) is 9.59 Å². The molecule has 0 aromatic heterocycles. The highest BCUT2D eigenvalue weighted by Gasteiger charge is 2.29. The zero-order chi connectivity index (χ0) is 10.8. The molecule has 0 radical (unpaired) electrons. The molecule has 78 valence electrons. The highest BCUT2D eigenvalue weighted by molar-refractivity contribution is 5.99. The van der Waals surface area contributed by atoms with Gasteiger partial charge >= 0.3 is 5.97 Å². The van der Waals surface area contributed by atoms with Crippen LogP contribution < -0.4 is 5.32 Å². The number of rotatable bonds is 2. The quantitative estimate of drug-likeness (QED) is 0.734. The molecule has 1 aliphatic heterocycles. The molecule has 0 spiro atoms. The first kappa shape index (κ1) is 9.71. The van der Waals surface area contributed by atoms with Gasteiger partial charge < -0.3 is 10.1 Å². The fraction of sp³-hybridized carbons (Fsp3) is 0.273. The van der Waals surface area contributed by atoms with E-state index >= 15 is 0 Å². The van der Waals surface area contributed by atoms with Crippen LogP contribution in [0.3, 0.4) is 0 Å². The van der Waals surface area contributed by atoms with Crippen molar-refractivity contribution >= 4 is 11.9 Å². The maximum absolute atomic E-state index is 11.5. The van der Waals surface area contributed by atoms with Crippen LogP contribution in [0.15, 0.2) is 24.3 Å². The van der Waals surface area contributed by atoms with E-state index in [4.69, 9.17) is 0 Å². The zero-order valence-electron chi connectivity index (χ0n) is 8.32. The van der Waals surface area contributed by atoms with Gasteiger partial charge in [-0.2, -0.15) is 0 Å². The van der Waals surface area contributed by atoms with Gasteiger partial charge in [-0.15, -0.1) is 0 Å². The van der Waals surface area contributed by atoms with Crippen molar-refractivity contribution < 1.29 is 14.3 Å². The van der Waals surface area contributed by atoms with Crippen molar-refractivity contribution in [2.45, 2.75) is 12.5 Å². The number of hydrogen-bond acceptors (Lipinski definition) is 3. The number of benzene rings is 1. The third-order valence-corrected chi connectivity index (χ3v) is 2.48. The molecule has 1 aliphatic rings. The van der Waals surface area contributed by atoms with Crippen molar-refractivity contribution in [3.63, 3.8) is 0 Å². The Kier molecular flexibility index (Phi) is 2.41. The van der Waals surface area contributed by atoms with Gasteiger partial charge in [-0.25, -0.2) is 0 Å². The van der Waals surface area contributed by atoms with Crippen LogP contribution in [0.5, 0.6) is 0 Å². The first-order chi connectivity index (χ1) is 7.22. The zero-order valence-corrected chi connectivity index (χ0v) is 8.32. The van der Waals surface area contributed by atoms with Crippen LogP contribution in [-0.2, 0) is 9.53 Å². The second-order valence-corrected chi connectivity index (χ2v) is 3.39. The highest BCUT2D eigenvalue weighted by Crippen LogP contribution is 2.27. The molecule has 4 heteroatoms. The molecule has 4 nitrogen and oxygen atoms in total. The lowest BCUT2D eigenvalue weighted by Crippen LogP contribution is -2.21. The van der Waals surface area contributed by atoms with E-state index in [9.17, 15) is 9.59 Å². The molecular weight excluding hydrogens is 194 g/mol. The molecule has 15 heavy (non-hydrogen) atoms. The lowest BCUT2D eigenvalue weighted by Gasteiger charge is -2.09. The molecule has 1 N–H and O–H groups in total. The molecule has 0 bridgehead atoms. The Balaban J connectivity index is 2.25. The Morgan fingerprint density at radius 2 is 2.20 bits per heavy atom. The average Bonchev–Trinajstić information content (AvgIpc) is 2.57. The first-order valence-corrected chi connectivity index (χ1v) is 4.69. The second kappa shape index (κ2) is 3.73. The van der Waals surface area contributed by atoms with E-state index in [0.717, 1.165) is 5.56 Å². The van der Waals surface area contributed by atoms with E-state index in [1.54, 1.807) is 12.1 Å². The summed E-state index contributed by atoms with van der Waals surface area (Å²) in [6.45, 7) is 0. The Morgan fingerprint density at radius 3 is 2.93 bits per heavy atom. The molecule has 1 amide bonds. The van der Waals surface area contributed by atoms with Gasteiger partial charge in [-0.1, -0.05) is 18.2 Å². The Hall–Kier alpha value is -1.84. The van der Waals surface area contributed by atoms with Crippen molar-refractivity contribution in [1.82, 2.24) is 5.32 Å². The number of esters is 1. The minimum absolute atomic E-state index is 0.125. The molecule has 1 atom stereocenters. The summed E-state index contributed by atoms with van der Waals surface area (Å²) in [7, 11) is 1.34. The number of carbonyl (C=O) groups is 2. The largest absolute Gasteiger partial charge is 0.469 e. The van der Waals surface area contributed by atoms with Gasteiger partial charge in [0.15, 0.2) is 0 Å². The second-order valence-electron chi connectivity index (χ2n) is 3.39. The number of hydrogen-bond donors (Lipinski definition) is 1. The number of nitrogens with one attached hydrogen (secondary N) is 1. The molecule has 1 aromatic rings. The monoisotopic (exact) mass is 205 g/mol. The average molecular weight is 205 g/mol. The van der Waals surface area contributed by atoms with Crippen molar-refractivity contribution in [3.05, 3.63) is 35.4 Å². The van der Waals surface area contributed by atoms with E-state index in [1.807, 2.05) is 12.1 Å². The Morgan fingerprint density at radius 1 is 1.47 bits per heavy atom. The summed E-state index contributed by atoms with van der Waals surface area (Å²) in [5, 5.41) is 2.74. The van der Waals surface area contributed by atoms with Gasteiger partial charge in [0.25, 0.3) is 5.91 Å². The molecule has 1 aromatic carbocycles. The summed E-state index contributed by atoms with van der Waals surface area (Å²) < 4.78 is 4.57. The first-order valence-electron chi connectivity index (χ1n) is 4.69. The van der Waals surface area contributed by atoms with Crippen LogP contribution in [0.2, 0.25) is 0 Å². The number of methoxy groups -OCH3 is 1. The minimum atomic E-state index is -0.322. The molecule has 0 aliphatic carbocycles. The lowest BCUT2D eigenvalue weighted by atomic mass is 10.0. The van der Waals surface area contributed by atoms with Crippen LogP contribution in [0, 0.1) is 0 Å². The third-order valence-electron chi connectivity index (χ3n) is 2.48. The SMILES string of the molecule is COC(=O)C[C@H]1NC(=O)c2ccccc21. The van der Waals surface area contributed by atoms with E-state index in [1.165, 1.54) is 7.11 Å². The number of carbonyl (C=O) groups excluding carboxylic acids is 2. The van der Waals surface area contributed by atoms with Crippen LogP contribution in [0.25, 0.3) is 0 Å². The molecule has 1 heterocycles. The molecule has 0 saturated heterocycles. The van der Waals surface area contributed by atoms with Crippen LogP contribution in [-0.4, -0.2) is 19.0 Å². The van der Waals surface area contributed by atoms with Gasteiger partial charge in [0.05, 0.1) is 19.6 Å². The molecule has 2 rings (SSSR count). The fourth-order valence-electron chi connectivity index (χ4n) is 1.73. The predicted molar refractivity (Wildman–Crippen MR) is 53.3 cm³/mol. The molecular formula is C11H11NO3. The van der Waals surface area contributed by atoms with Crippen molar-refractivity contribution in [2.75, 3.05) is 7.11 Å². The van der Waals surface area contributed by atoms with Crippen LogP contribution in [0.1, 0.15) is 28.4 Å². The Labute approximate surface area is 87.2 Å². The number of fused-ring (bicyclic) bond motifs is 1. The van der Waals surface area contributed by atoms with Crippen molar-refractivity contribution in [2.24, 2.45) is 0 Å². The number of amides is 1.